The van der Waals surface area contributed by atoms with Crippen LogP contribution in [0.5, 0.6) is 11.5 Å². The lowest BCUT2D eigenvalue weighted by molar-refractivity contribution is -0.274. The summed E-state index contributed by atoms with van der Waals surface area (Å²) >= 11 is 1.23. The molecule has 0 atom stereocenters. The fourth-order valence-electron chi connectivity index (χ4n) is 2.62. The Balaban J connectivity index is 1.86. The highest BCUT2D eigenvalue weighted by atomic mass is 32.2. The summed E-state index contributed by atoms with van der Waals surface area (Å²) in [5, 5.41) is 9.76. The van der Waals surface area contributed by atoms with Crippen molar-refractivity contribution < 1.29 is 22.6 Å². The van der Waals surface area contributed by atoms with Gasteiger partial charge in [0.05, 0.1) is 5.69 Å². The molecule has 0 radical (unpaired) electrons. The number of nitriles is 1. The zero-order valence-electron chi connectivity index (χ0n) is 15.5. The first-order valence-corrected chi connectivity index (χ1v) is 9.68. The van der Waals surface area contributed by atoms with Crippen molar-refractivity contribution in [2.24, 2.45) is 0 Å². The number of benzene rings is 2. The van der Waals surface area contributed by atoms with Crippen molar-refractivity contribution in [3.8, 4) is 28.8 Å². The van der Waals surface area contributed by atoms with Gasteiger partial charge in [-0.2, -0.15) is 5.26 Å². The quantitative estimate of drug-likeness (QED) is 0.455. The molecule has 0 unspecified atom stereocenters. The number of hydrogen-bond acceptors (Lipinski definition) is 6. The zero-order chi connectivity index (χ0) is 21.7. The SMILES string of the molecule is CSc1nc(-c2ccccc2COc2ccc(OC(F)(F)F)cc2)c(C#N)c(=O)[nH]1. The fraction of sp³-hybridized carbons (Fsp3) is 0.150. The van der Waals surface area contributed by atoms with E-state index in [1.165, 1.54) is 23.9 Å². The van der Waals surface area contributed by atoms with E-state index in [0.717, 1.165) is 12.1 Å². The molecule has 1 heterocycles. The van der Waals surface area contributed by atoms with E-state index in [1.807, 2.05) is 6.07 Å². The zero-order valence-corrected chi connectivity index (χ0v) is 16.3. The maximum absolute atomic E-state index is 12.3. The first-order valence-electron chi connectivity index (χ1n) is 8.46. The van der Waals surface area contributed by atoms with E-state index in [4.69, 9.17) is 4.74 Å². The summed E-state index contributed by atoms with van der Waals surface area (Å²) in [5.74, 6) is -0.0327. The molecule has 10 heteroatoms. The Kier molecular flexibility index (Phi) is 6.32. The van der Waals surface area contributed by atoms with Gasteiger partial charge in [-0.25, -0.2) is 4.98 Å². The number of aromatic amines is 1. The van der Waals surface area contributed by atoms with Crippen LogP contribution in [0, 0.1) is 11.3 Å². The van der Waals surface area contributed by atoms with Crippen LogP contribution >= 0.6 is 11.8 Å². The van der Waals surface area contributed by atoms with E-state index < -0.39 is 11.9 Å². The summed E-state index contributed by atoms with van der Waals surface area (Å²) in [6.45, 7) is 0.0452. The molecule has 1 N–H and O–H groups in total. The second-order valence-corrected chi connectivity index (χ2v) is 6.67. The number of alkyl halides is 3. The maximum atomic E-state index is 12.3. The number of hydrogen-bond donors (Lipinski definition) is 1. The average Bonchev–Trinajstić information content (AvgIpc) is 2.71. The van der Waals surface area contributed by atoms with Crippen LogP contribution in [0.4, 0.5) is 13.2 Å². The third kappa shape index (κ3) is 5.12. The lowest BCUT2D eigenvalue weighted by Gasteiger charge is -2.13. The Bertz CT molecular complexity index is 1140. The molecule has 0 amide bonds. The Morgan fingerprint density at radius 1 is 1.13 bits per heavy atom. The molecule has 0 bridgehead atoms. The number of nitrogens with zero attached hydrogens (tertiary/aromatic N) is 2. The van der Waals surface area contributed by atoms with Gasteiger partial charge >= 0.3 is 6.36 Å². The molecule has 6 nitrogen and oxygen atoms in total. The first kappa shape index (κ1) is 21.3. The van der Waals surface area contributed by atoms with Crippen LogP contribution in [0.25, 0.3) is 11.3 Å². The van der Waals surface area contributed by atoms with Gasteiger partial charge in [-0.3, -0.25) is 4.79 Å². The van der Waals surface area contributed by atoms with Crippen molar-refractivity contribution in [1.29, 1.82) is 5.26 Å². The summed E-state index contributed by atoms with van der Waals surface area (Å²) in [5.41, 5.74) is 0.776. The summed E-state index contributed by atoms with van der Waals surface area (Å²) in [4.78, 5) is 19.1. The molecule has 2 aromatic carbocycles. The van der Waals surface area contributed by atoms with Crippen molar-refractivity contribution in [2.45, 2.75) is 18.1 Å². The van der Waals surface area contributed by atoms with Crippen LogP contribution in [0.2, 0.25) is 0 Å². The molecule has 30 heavy (non-hydrogen) atoms. The predicted molar refractivity (Wildman–Crippen MR) is 104 cm³/mol. The Morgan fingerprint density at radius 2 is 1.80 bits per heavy atom. The summed E-state index contributed by atoms with van der Waals surface area (Å²) in [6, 6.07) is 13.8. The molecule has 0 aliphatic heterocycles. The van der Waals surface area contributed by atoms with Crippen molar-refractivity contribution in [3.05, 3.63) is 70.0 Å². The van der Waals surface area contributed by atoms with Gasteiger partial charge in [0, 0.05) is 5.56 Å². The normalized spacial score (nSPS) is 11.0. The monoisotopic (exact) mass is 433 g/mol. The molecular weight excluding hydrogens is 419 g/mol. The van der Waals surface area contributed by atoms with Gasteiger partial charge in [0.15, 0.2) is 5.16 Å². The largest absolute Gasteiger partial charge is 0.573 e. The number of rotatable bonds is 6. The lowest BCUT2D eigenvalue weighted by atomic mass is 10.0. The van der Waals surface area contributed by atoms with Crippen LogP contribution in [-0.4, -0.2) is 22.6 Å². The molecule has 0 spiro atoms. The average molecular weight is 433 g/mol. The van der Waals surface area contributed by atoms with Gasteiger partial charge in [-0.15, -0.1) is 13.2 Å². The third-order valence-electron chi connectivity index (χ3n) is 3.93. The maximum Gasteiger partial charge on any atom is 0.573 e. The number of aromatic nitrogens is 2. The molecule has 0 aliphatic carbocycles. The summed E-state index contributed by atoms with van der Waals surface area (Å²) in [7, 11) is 0. The topological polar surface area (TPSA) is 88.0 Å². The number of H-pyrrole nitrogens is 1. The smallest absolute Gasteiger partial charge is 0.489 e. The number of halogens is 3. The van der Waals surface area contributed by atoms with Gasteiger partial charge in [0.25, 0.3) is 5.56 Å². The van der Waals surface area contributed by atoms with Crippen LogP contribution < -0.4 is 15.0 Å². The number of thioether (sulfide) groups is 1. The second kappa shape index (κ2) is 8.92. The highest BCUT2D eigenvalue weighted by molar-refractivity contribution is 7.98. The molecule has 1 aromatic heterocycles. The van der Waals surface area contributed by atoms with Crippen LogP contribution in [-0.2, 0) is 6.61 Å². The van der Waals surface area contributed by atoms with E-state index in [2.05, 4.69) is 14.7 Å². The minimum atomic E-state index is -4.77. The molecule has 0 saturated heterocycles. The van der Waals surface area contributed by atoms with Crippen LogP contribution in [0.15, 0.2) is 58.5 Å². The van der Waals surface area contributed by atoms with Gasteiger partial charge in [0.1, 0.15) is 29.7 Å². The highest BCUT2D eigenvalue weighted by Crippen LogP contribution is 2.28. The minimum absolute atomic E-state index is 0.0452. The van der Waals surface area contributed by atoms with Crippen molar-refractivity contribution in [3.63, 3.8) is 0 Å². The van der Waals surface area contributed by atoms with Gasteiger partial charge < -0.3 is 14.5 Å². The van der Waals surface area contributed by atoms with Crippen molar-refractivity contribution in [2.75, 3.05) is 6.26 Å². The molecule has 3 rings (SSSR count). The second-order valence-electron chi connectivity index (χ2n) is 5.88. The first-order chi connectivity index (χ1) is 14.3. The van der Waals surface area contributed by atoms with E-state index in [-0.39, 0.29) is 23.6 Å². The standard InChI is InChI=1S/C20H14F3N3O3S/c1-30-19-25-17(16(10-24)18(27)26-19)15-5-3-2-4-12(15)11-28-13-6-8-14(9-7-13)29-20(21,22)23/h2-9H,11H2,1H3,(H,25,26,27). The summed E-state index contributed by atoms with van der Waals surface area (Å²) < 4.78 is 46.2. The van der Waals surface area contributed by atoms with Crippen molar-refractivity contribution in [1.82, 2.24) is 9.97 Å². The van der Waals surface area contributed by atoms with Crippen LogP contribution in [0.1, 0.15) is 11.1 Å². The Morgan fingerprint density at radius 3 is 2.43 bits per heavy atom. The molecule has 3 aromatic rings. The number of ether oxygens (including phenoxy) is 2. The summed E-state index contributed by atoms with van der Waals surface area (Å²) in [6.07, 6.45) is -3.02. The molecular formula is C20H14F3N3O3S. The highest BCUT2D eigenvalue weighted by Gasteiger charge is 2.31. The van der Waals surface area contributed by atoms with Crippen LogP contribution in [0.3, 0.4) is 0 Å². The van der Waals surface area contributed by atoms with Gasteiger partial charge in [-0.05, 0) is 36.1 Å². The molecule has 0 aliphatic rings. The minimum Gasteiger partial charge on any atom is -0.489 e. The molecule has 0 saturated carbocycles. The van der Waals surface area contributed by atoms with E-state index in [0.29, 0.717) is 22.0 Å². The predicted octanol–water partition coefficient (Wildman–Crippen LogP) is 4.51. The molecule has 154 valence electrons. The Hall–Kier alpha value is -3.45. The van der Waals surface area contributed by atoms with Crippen molar-refractivity contribution >= 4 is 11.8 Å². The third-order valence-corrected chi connectivity index (χ3v) is 4.51. The lowest BCUT2D eigenvalue weighted by Crippen LogP contribution is -2.17. The fourth-order valence-corrected chi connectivity index (χ4v) is 3.00. The van der Waals surface area contributed by atoms with Gasteiger partial charge in [-0.1, -0.05) is 36.0 Å². The number of nitrogens with one attached hydrogen (secondary N) is 1. The van der Waals surface area contributed by atoms with E-state index in [1.54, 1.807) is 30.5 Å². The molecule has 0 fully saturated rings. The van der Waals surface area contributed by atoms with E-state index >= 15 is 0 Å². The van der Waals surface area contributed by atoms with E-state index in [9.17, 15) is 23.2 Å². The van der Waals surface area contributed by atoms with Gasteiger partial charge in [0.2, 0.25) is 0 Å². The Labute approximate surface area is 173 Å².